The molecule has 0 spiro atoms. The maximum atomic E-state index is 12.6. The molecule has 0 saturated carbocycles. The van der Waals surface area contributed by atoms with Crippen molar-refractivity contribution < 1.29 is 13.2 Å². The molecule has 7 heteroatoms. The zero-order chi connectivity index (χ0) is 15.9. The van der Waals surface area contributed by atoms with E-state index in [0.717, 1.165) is 38.0 Å². The van der Waals surface area contributed by atoms with Gasteiger partial charge in [-0.3, -0.25) is 9.52 Å². The second kappa shape index (κ2) is 5.55. The van der Waals surface area contributed by atoms with Crippen LogP contribution in [0.2, 0.25) is 0 Å². The predicted octanol–water partition coefficient (Wildman–Crippen LogP) is 0.658. The summed E-state index contributed by atoms with van der Waals surface area (Å²) in [5.74, 6) is 1.07. The molecule has 2 aliphatic rings. The summed E-state index contributed by atoms with van der Waals surface area (Å²) in [5, 5.41) is 3.35. The molecule has 2 aliphatic heterocycles. The Labute approximate surface area is 130 Å². The number of likely N-dealkylation sites (tertiary alicyclic amines) is 1. The lowest BCUT2D eigenvalue weighted by Gasteiger charge is -2.18. The number of hydrogen-bond acceptors (Lipinski definition) is 4. The number of rotatable bonds is 3. The first-order chi connectivity index (χ1) is 10.3. The molecular weight excluding hydrogens is 302 g/mol. The molecule has 2 saturated heterocycles. The summed E-state index contributed by atoms with van der Waals surface area (Å²) in [6.45, 7) is 5.32. The summed E-state index contributed by atoms with van der Waals surface area (Å²) in [6, 6.07) is 5.17. The van der Waals surface area contributed by atoms with Crippen LogP contribution in [-0.4, -0.2) is 51.7 Å². The van der Waals surface area contributed by atoms with Gasteiger partial charge in [0.05, 0.1) is 11.9 Å². The van der Waals surface area contributed by atoms with Crippen molar-refractivity contribution in [2.24, 2.45) is 11.8 Å². The largest absolute Gasteiger partial charge is 0.338 e. The van der Waals surface area contributed by atoms with Crippen LogP contribution in [0.1, 0.15) is 15.9 Å². The van der Waals surface area contributed by atoms with Crippen molar-refractivity contribution >= 4 is 21.6 Å². The summed E-state index contributed by atoms with van der Waals surface area (Å²) < 4.78 is 25.3. The lowest BCUT2D eigenvalue weighted by atomic mass is 10.0. The van der Waals surface area contributed by atoms with E-state index in [1.165, 1.54) is 0 Å². The maximum Gasteiger partial charge on any atom is 0.253 e. The monoisotopic (exact) mass is 323 g/mol. The molecule has 2 N–H and O–H groups in total. The highest BCUT2D eigenvalue weighted by molar-refractivity contribution is 7.92. The zero-order valence-electron chi connectivity index (χ0n) is 12.8. The fourth-order valence-corrected chi connectivity index (χ4v) is 3.89. The number of aryl methyl sites for hydroxylation is 1. The lowest BCUT2D eigenvalue weighted by molar-refractivity contribution is 0.0781. The van der Waals surface area contributed by atoms with Crippen LogP contribution in [-0.2, 0) is 10.0 Å². The minimum atomic E-state index is -3.36. The Morgan fingerprint density at radius 1 is 1.27 bits per heavy atom. The number of sulfonamides is 1. The predicted molar refractivity (Wildman–Crippen MR) is 85.4 cm³/mol. The summed E-state index contributed by atoms with van der Waals surface area (Å²) in [6.07, 6.45) is 1.11. The normalized spacial score (nSPS) is 24.4. The van der Waals surface area contributed by atoms with Crippen molar-refractivity contribution in [3.8, 4) is 0 Å². The Balaban J connectivity index is 1.80. The van der Waals surface area contributed by atoms with Gasteiger partial charge in [-0.05, 0) is 36.5 Å². The Morgan fingerprint density at radius 2 is 1.91 bits per heavy atom. The first-order valence-electron chi connectivity index (χ1n) is 7.42. The standard InChI is InChI=1S/C15H21N3O3S/c1-10-3-4-11(5-14(10)17-22(2,20)21)15(19)18-8-12-6-16-7-13(12)9-18/h3-5,12-13,16-17H,6-9H2,1-2H3/t12-,13+. The Bertz CT molecular complexity index is 690. The third kappa shape index (κ3) is 3.10. The van der Waals surface area contributed by atoms with Gasteiger partial charge in [0.1, 0.15) is 0 Å². The summed E-state index contributed by atoms with van der Waals surface area (Å²) in [4.78, 5) is 14.5. The van der Waals surface area contributed by atoms with E-state index in [2.05, 4.69) is 10.0 Å². The third-order valence-corrected chi connectivity index (χ3v) is 5.05. The number of fused-ring (bicyclic) bond motifs is 1. The summed E-state index contributed by atoms with van der Waals surface area (Å²) in [5.41, 5.74) is 1.79. The number of nitrogens with one attached hydrogen (secondary N) is 2. The Hall–Kier alpha value is -1.60. The van der Waals surface area contributed by atoms with Crippen molar-refractivity contribution in [1.82, 2.24) is 10.2 Å². The number of carbonyl (C=O) groups is 1. The molecule has 0 aromatic heterocycles. The van der Waals surface area contributed by atoms with E-state index in [-0.39, 0.29) is 5.91 Å². The summed E-state index contributed by atoms with van der Waals surface area (Å²) >= 11 is 0. The first kappa shape index (κ1) is 15.3. The molecule has 3 rings (SSSR count). The van der Waals surface area contributed by atoms with E-state index in [4.69, 9.17) is 0 Å². The van der Waals surface area contributed by atoms with Crippen molar-refractivity contribution in [3.63, 3.8) is 0 Å². The highest BCUT2D eigenvalue weighted by Gasteiger charge is 2.38. The molecule has 0 bridgehead atoms. The highest BCUT2D eigenvalue weighted by atomic mass is 32.2. The molecule has 2 atom stereocenters. The number of amides is 1. The Kier molecular flexibility index (Phi) is 3.86. The molecule has 2 heterocycles. The molecule has 1 aromatic carbocycles. The van der Waals surface area contributed by atoms with Crippen LogP contribution in [0.5, 0.6) is 0 Å². The molecule has 0 unspecified atom stereocenters. The quantitative estimate of drug-likeness (QED) is 0.856. The van der Waals surface area contributed by atoms with Crippen molar-refractivity contribution in [1.29, 1.82) is 0 Å². The Morgan fingerprint density at radius 3 is 2.50 bits per heavy atom. The van der Waals surface area contributed by atoms with E-state index in [1.54, 1.807) is 18.2 Å². The molecule has 1 amide bonds. The molecule has 1 aromatic rings. The molecule has 120 valence electrons. The van der Waals surface area contributed by atoms with Crippen LogP contribution in [0.3, 0.4) is 0 Å². The van der Waals surface area contributed by atoms with E-state index >= 15 is 0 Å². The first-order valence-corrected chi connectivity index (χ1v) is 9.31. The van der Waals surface area contributed by atoms with E-state index in [9.17, 15) is 13.2 Å². The van der Waals surface area contributed by atoms with Gasteiger partial charge in [0, 0.05) is 31.7 Å². The van der Waals surface area contributed by atoms with Crippen molar-refractivity contribution in [3.05, 3.63) is 29.3 Å². The number of hydrogen-bond donors (Lipinski definition) is 2. The van der Waals surface area contributed by atoms with Crippen LogP contribution in [0, 0.1) is 18.8 Å². The van der Waals surface area contributed by atoms with Crippen LogP contribution in [0.4, 0.5) is 5.69 Å². The fraction of sp³-hybridized carbons (Fsp3) is 0.533. The van der Waals surface area contributed by atoms with E-state index in [1.807, 2.05) is 11.8 Å². The number of nitrogens with zero attached hydrogens (tertiary/aromatic N) is 1. The number of benzene rings is 1. The molecule has 22 heavy (non-hydrogen) atoms. The molecular formula is C15H21N3O3S. The molecule has 6 nitrogen and oxygen atoms in total. The van der Waals surface area contributed by atoms with Gasteiger partial charge >= 0.3 is 0 Å². The van der Waals surface area contributed by atoms with E-state index < -0.39 is 10.0 Å². The van der Waals surface area contributed by atoms with Gasteiger partial charge in [-0.2, -0.15) is 0 Å². The maximum absolute atomic E-state index is 12.6. The lowest BCUT2D eigenvalue weighted by Crippen LogP contribution is -2.31. The highest BCUT2D eigenvalue weighted by Crippen LogP contribution is 2.28. The third-order valence-electron chi connectivity index (χ3n) is 4.46. The van der Waals surface area contributed by atoms with Gasteiger partial charge in [0.25, 0.3) is 5.91 Å². The minimum Gasteiger partial charge on any atom is -0.338 e. The SMILES string of the molecule is Cc1ccc(C(=O)N2C[C@H]3CNC[C@H]3C2)cc1NS(C)(=O)=O. The second-order valence-electron chi connectivity index (χ2n) is 6.29. The van der Waals surface area contributed by atoms with Crippen molar-refractivity contribution in [2.45, 2.75) is 6.92 Å². The minimum absolute atomic E-state index is 0.0223. The summed E-state index contributed by atoms with van der Waals surface area (Å²) in [7, 11) is -3.36. The number of carbonyl (C=O) groups excluding carboxylic acids is 1. The van der Waals surface area contributed by atoms with Gasteiger partial charge in [-0.25, -0.2) is 8.42 Å². The van der Waals surface area contributed by atoms with Crippen LogP contribution in [0.15, 0.2) is 18.2 Å². The van der Waals surface area contributed by atoms with Gasteiger partial charge in [0.15, 0.2) is 0 Å². The average molecular weight is 323 g/mol. The van der Waals surface area contributed by atoms with E-state index in [0.29, 0.717) is 23.1 Å². The van der Waals surface area contributed by atoms with Gasteiger partial charge in [0.2, 0.25) is 10.0 Å². The van der Waals surface area contributed by atoms with Gasteiger partial charge in [-0.15, -0.1) is 0 Å². The second-order valence-corrected chi connectivity index (χ2v) is 8.04. The topological polar surface area (TPSA) is 78.5 Å². The van der Waals surface area contributed by atoms with Crippen molar-refractivity contribution in [2.75, 3.05) is 37.2 Å². The zero-order valence-corrected chi connectivity index (χ0v) is 13.6. The van der Waals surface area contributed by atoms with Gasteiger partial charge < -0.3 is 10.2 Å². The van der Waals surface area contributed by atoms with Crippen LogP contribution >= 0.6 is 0 Å². The van der Waals surface area contributed by atoms with Crippen LogP contribution < -0.4 is 10.0 Å². The molecule has 2 fully saturated rings. The smallest absolute Gasteiger partial charge is 0.253 e. The average Bonchev–Trinajstić information content (AvgIpc) is 2.99. The number of anilines is 1. The van der Waals surface area contributed by atoms with Gasteiger partial charge in [-0.1, -0.05) is 6.07 Å². The van der Waals surface area contributed by atoms with Crippen LogP contribution in [0.25, 0.3) is 0 Å². The molecule has 0 radical (unpaired) electrons. The fourth-order valence-electron chi connectivity index (χ4n) is 3.27. The molecule has 0 aliphatic carbocycles.